The van der Waals surface area contributed by atoms with E-state index in [2.05, 4.69) is 6.92 Å². The Kier molecular flexibility index (Phi) is 6.17. The standard InChI is InChI=1S/C21H25NO5S/c1-4-17-5-9-19(10-6-17)27-21(23)18-7-11-20(12-8-18)28(24,25)22-13-15(2)26-16(3)14-22/h5-12,15-16H,4,13-14H2,1-3H3. The van der Waals surface area contributed by atoms with E-state index in [1.807, 2.05) is 26.0 Å². The second-order valence-electron chi connectivity index (χ2n) is 6.99. The highest BCUT2D eigenvalue weighted by atomic mass is 32.2. The predicted molar refractivity (Wildman–Crippen MR) is 106 cm³/mol. The average molecular weight is 404 g/mol. The molecule has 28 heavy (non-hydrogen) atoms. The molecule has 0 spiro atoms. The summed E-state index contributed by atoms with van der Waals surface area (Å²) in [7, 11) is -3.64. The Balaban J connectivity index is 1.72. The summed E-state index contributed by atoms with van der Waals surface area (Å²) in [6.45, 7) is 6.37. The van der Waals surface area contributed by atoms with Crippen LogP contribution in [-0.4, -0.2) is 44.0 Å². The summed E-state index contributed by atoms with van der Waals surface area (Å²) >= 11 is 0. The van der Waals surface area contributed by atoms with E-state index in [0.29, 0.717) is 24.4 Å². The highest BCUT2D eigenvalue weighted by Crippen LogP contribution is 2.22. The summed E-state index contributed by atoms with van der Waals surface area (Å²) in [6, 6.07) is 13.1. The molecule has 0 bridgehead atoms. The number of sulfonamides is 1. The van der Waals surface area contributed by atoms with Crippen LogP contribution in [0.1, 0.15) is 36.7 Å². The third-order valence-corrected chi connectivity index (χ3v) is 6.50. The number of hydrogen-bond donors (Lipinski definition) is 0. The van der Waals surface area contributed by atoms with Crippen LogP contribution >= 0.6 is 0 Å². The van der Waals surface area contributed by atoms with Crippen LogP contribution in [0, 0.1) is 0 Å². The molecule has 1 saturated heterocycles. The minimum Gasteiger partial charge on any atom is -0.423 e. The zero-order chi connectivity index (χ0) is 20.3. The van der Waals surface area contributed by atoms with E-state index in [9.17, 15) is 13.2 Å². The average Bonchev–Trinajstić information content (AvgIpc) is 2.68. The number of hydrogen-bond acceptors (Lipinski definition) is 5. The monoisotopic (exact) mass is 403 g/mol. The third-order valence-electron chi connectivity index (χ3n) is 4.66. The highest BCUT2D eigenvalue weighted by Gasteiger charge is 2.32. The van der Waals surface area contributed by atoms with E-state index in [0.717, 1.165) is 12.0 Å². The first kappa shape index (κ1) is 20.5. The van der Waals surface area contributed by atoms with Crippen LogP contribution in [0.2, 0.25) is 0 Å². The molecule has 0 radical (unpaired) electrons. The van der Waals surface area contributed by atoms with E-state index >= 15 is 0 Å². The fourth-order valence-corrected chi connectivity index (χ4v) is 4.79. The fourth-order valence-electron chi connectivity index (χ4n) is 3.20. The minimum absolute atomic E-state index is 0.151. The van der Waals surface area contributed by atoms with E-state index in [-0.39, 0.29) is 17.1 Å². The van der Waals surface area contributed by atoms with Crippen molar-refractivity contribution in [3.8, 4) is 5.75 Å². The van der Waals surface area contributed by atoms with Crippen molar-refractivity contribution in [2.24, 2.45) is 0 Å². The van der Waals surface area contributed by atoms with Gasteiger partial charge in [0, 0.05) is 13.1 Å². The molecule has 150 valence electrons. The van der Waals surface area contributed by atoms with Crippen molar-refractivity contribution in [2.45, 2.75) is 44.3 Å². The van der Waals surface area contributed by atoms with Crippen molar-refractivity contribution in [2.75, 3.05) is 13.1 Å². The third kappa shape index (κ3) is 4.60. The predicted octanol–water partition coefficient (Wildman–Crippen LogP) is 3.27. The first-order valence-corrected chi connectivity index (χ1v) is 10.8. The Morgan fingerprint density at radius 2 is 1.61 bits per heavy atom. The van der Waals surface area contributed by atoms with E-state index in [1.165, 1.54) is 28.6 Å². The van der Waals surface area contributed by atoms with E-state index in [4.69, 9.17) is 9.47 Å². The zero-order valence-electron chi connectivity index (χ0n) is 16.3. The maximum Gasteiger partial charge on any atom is 0.343 e. The number of ether oxygens (including phenoxy) is 2. The molecular formula is C21H25NO5S. The quantitative estimate of drug-likeness (QED) is 0.566. The Bertz CT molecular complexity index is 912. The number of nitrogens with zero attached hydrogens (tertiary/aromatic N) is 1. The molecule has 1 aliphatic heterocycles. The number of aryl methyl sites for hydroxylation is 1. The number of benzene rings is 2. The topological polar surface area (TPSA) is 72.9 Å². The van der Waals surface area contributed by atoms with Gasteiger partial charge in [-0.3, -0.25) is 0 Å². The van der Waals surface area contributed by atoms with Crippen molar-refractivity contribution in [3.05, 3.63) is 59.7 Å². The van der Waals surface area contributed by atoms with Gasteiger partial charge in [0.25, 0.3) is 0 Å². The molecule has 2 atom stereocenters. The van der Waals surface area contributed by atoms with Crippen LogP contribution < -0.4 is 4.74 Å². The molecule has 2 aromatic rings. The molecule has 0 N–H and O–H groups in total. The summed E-state index contributed by atoms with van der Waals surface area (Å²) < 4.78 is 38.1. The summed E-state index contributed by atoms with van der Waals surface area (Å²) in [5, 5.41) is 0. The second-order valence-corrected chi connectivity index (χ2v) is 8.93. The van der Waals surface area contributed by atoms with Crippen LogP contribution in [0.3, 0.4) is 0 Å². The van der Waals surface area contributed by atoms with Gasteiger partial charge in [-0.1, -0.05) is 19.1 Å². The van der Waals surface area contributed by atoms with Gasteiger partial charge in [0.05, 0.1) is 22.7 Å². The SMILES string of the molecule is CCc1ccc(OC(=O)c2ccc(S(=O)(=O)N3CC(C)OC(C)C3)cc2)cc1. The van der Waals surface area contributed by atoms with Crippen molar-refractivity contribution >= 4 is 16.0 Å². The van der Waals surface area contributed by atoms with Crippen molar-refractivity contribution in [1.29, 1.82) is 0 Å². The van der Waals surface area contributed by atoms with Crippen LogP contribution in [-0.2, 0) is 21.2 Å². The number of carbonyl (C=O) groups excluding carboxylic acids is 1. The number of carbonyl (C=O) groups is 1. The van der Waals surface area contributed by atoms with Gasteiger partial charge in [0.15, 0.2) is 0 Å². The molecule has 2 aromatic carbocycles. The van der Waals surface area contributed by atoms with Crippen LogP contribution in [0.25, 0.3) is 0 Å². The van der Waals surface area contributed by atoms with Crippen molar-refractivity contribution in [1.82, 2.24) is 4.31 Å². The fraction of sp³-hybridized carbons (Fsp3) is 0.381. The molecule has 1 heterocycles. The largest absolute Gasteiger partial charge is 0.423 e. The lowest BCUT2D eigenvalue weighted by atomic mass is 10.2. The highest BCUT2D eigenvalue weighted by molar-refractivity contribution is 7.89. The molecule has 0 saturated carbocycles. The van der Waals surface area contributed by atoms with Gasteiger partial charge in [-0.05, 0) is 62.2 Å². The maximum absolute atomic E-state index is 12.9. The van der Waals surface area contributed by atoms with Gasteiger partial charge < -0.3 is 9.47 Å². The lowest BCUT2D eigenvalue weighted by molar-refractivity contribution is -0.0440. The minimum atomic E-state index is -3.64. The Morgan fingerprint density at radius 3 is 2.14 bits per heavy atom. The van der Waals surface area contributed by atoms with E-state index < -0.39 is 16.0 Å². The number of rotatable bonds is 5. The van der Waals surface area contributed by atoms with Gasteiger partial charge in [-0.15, -0.1) is 0 Å². The first-order chi connectivity index (χ1) is 13.3. The molecule has 1 aliphatic rings. The van der Waals surface area contributed by atoms with Gasteiger partial charge in [0.2, 0.25) is 10.0 Å². The Labute approximate surface area is 166 Å². The Hall–Kier alpha value is -2.22. The smallest absolute Gasteiger partial charge is 0.343 e. The summed E-state index contributed by atoms with van der Waals surface area (Å²) in [5.41, 5.74) is 1.45. The molecule has 1 fully saturated rings. The molecular weight excluding hydrogens is 378 g/mol. The summed E-state index contributed by atoms with van der Waals surface area (Å²) in [6.07, 6.45) is 0.587. The molecule has 0 amide bonds. The van der Waals surface area contributed by atoms with Gasteiger partial charge in [0.1, 0.15) is 5.75 Å². The normalized spacial score (nSPS) is 20.7. The molecule has 7 heteroatoms. The Morgan fingerprint density at radius 1 is 1.04 bits per heavy atom. The lowest BCUT2D eigenvalue weighted by Crippen LogP contribution is -2.48. The number of esters is 1. The molecule has 0 aromatic heterocycles. The van der Waals surface area contributed by atoms with Crippen LogP contribution in [0.15, 0.2) is 53.4 Å². The first-order valence-electron chi connectivity index (χ1n) is 9.36. The molecule has 3 rings (SSSR count). The zero-order valence-corrected chi connectivity index (χ0v) is 17.1. The van der Waals surface area contributed by atoms with Crippen LogP contribution in [0.5, 0.6) is 5.75 Å². The van der Waals surface area contributed by atoms with E-state index in [1.54, 1.807) is 12.1 Å². The van der Waals surface area contributed by atoms with Crippen molar-refractivity contribution < 1.29 is 22.7 Å². The van der Waals surface area contributed by atoms with Gasteiger partial charge >= 0.3 is 5.97 Å². The maximum atomic E-state index is 12.9. The molecule has 2 unspecified atom stereocenters. The van der Waals surface area contributed by atoms with Gasteiger partial charge in [-0.25, -0.2) is 13.2 Å². The van der Waals surface area contributed by atoms with Crippen LogP contribution in [0.4, 0.5) is 0 Å². The number of morpholine rings is 1. The lowest BCUT2D eigenvalue weighted by Gasteiger charge is -2.34. The van der Waals surface area contributed by atoms with Gasteiger partial charge in [-0.2, -0.15) is 4.31 Å². The second kappa shape index (κ2) is 8.43. The molecule has 0 aliphatic carbocycles. The molecule has 6 nitrogen and oxygen atoms in total. The van der Waals surface area contributed by atoms with Crippen molar-refractivity contribution in [3.63, 3.8) is 0 Å². The summed E-state index contributed by atoms with van der Waals surface area (Å²) in [4.78, 5) is 12.5. The summed E-state index contributed by atoms with van der Waals surface area (Å²) in [5.74, 6) is -0.0722.